The number of anilines is 1. The van der Waals surface area contributed by atoms with Crippen LogP contribution in [0.15, 0.2) is 18.2 Å². The second-order valence-electron chi connectivity index (χ2n) is 6.81. The third kappa shape index (κ3) is 4.03. The lowest BCUT2D eigenvalue weighted by Gasteiger charge is -2.42. The van der Waals surface area contributed by atoms with Crippen LogP contribution in [-0.4, -0.2) is 70.7 Å². The number of aromatic nitrogens is 1. The second kappa shape index (κ2) is 7.04. The summed E-state index contributed by atoms with van der Waals surface area (Å²) >= 11 is 0. The van der Waals surface area contributed by atoms with E-state index >= 15 is 0 Å². The molecule has 0 bridgehead atoms. The standard InChI is InChI=1S/C17H26N4O3/c1-13(22)21-7-5-17(23,6-8-21)12-20-9-10-24-15(11-20)14-3-2-4-16(18)19-14/h2-4,15,23H,5-12H2,1H3,(H2,18,19)/t15-/m1/s1. The van der Waals surface area contributed by atoms with Gasteiger partial charge in [0, 0.05) is 39.6 Å². The number of hydrogen-bond acceptors (Lipinski definition) is 6. The minimum atomic E-state index is -0.739. The first-order chi connectivity index (χ1) is 11.5. The van der Waals surface area contributed by atoms with Crippen molar-refractivity contribution < 1.29 is 14.6 Å². The van der Waals surface area contributed by atoms with Crippen molar-refractivity contribution in [3.05, 3.63) is 23.9 Å². The van der Waals surface area contributed by atoms with Gasteiger partial charge in [0.05, 0.1) is 17.9 Å². The molecule has 1 aromatic rings. The van der Waals surface area contributed by atoms with Crippen molar-refractivity contribution >= 4 is 11.7 Å². The number of ether oxygens (including phenoxy) is 1. The van der Waals surface area contributed by atoms with Crippen LogP contribution >= 0.6 is 0 Å². The van der Waals surface area contributed by atoms with Gasteiger partial charge in [-0.2, -0.15) is 0 Å². The molecule has 0 unspecified atom stereocenters. The zero-order valence-electron chi connectivity index (χ0n) is 14.1. The Hall–Kier alpha value is -1.70. The molecule has 1 aromatic heterocycles. The lowest BCUT2D eigenvalue weighted by atomic mass is 9.90. The summed E-state index contributed by atoms with van der Waals surface area (Å²) in [6.45, 7) is 5.51. The number of nitrogens with two attached hydrogens (primary N) is 1. The largest absolute Gasteiger partial charge is 0.388 e. The lowest BCUT2D eigenvalue weighted by Crippen LogP contribution is -2.53. The average Bonchev–Trinajstić information content (AvgIpc) is 2.55. The summed E-state index contributed by atoms with van der Waals surface area (Å²) in [5.74, 6) is 0.569. The molecule has 1 amide bonds. The number of aliphatic hydroxyl groups is 1. The summed E-state index contributed by atoms with van der Waals surface area (Å²) in [5, 5.41) is 10.9. The zero-order valence-corrected chi connectivity index (χ0v) is 14.1. The summed E-state index contributed by atoms with van der Waals surface area (Å²) in [6, 6.07) is 5.56. The predicted octanol–water partition coefficient (Wildman–Crippen LogP) is 0.411. The molecule has 0 aromatic carbocycles. The molecular formula is C17H26N4O3. The highest BCUT2D eigenvalue weighted by Gasteiger charge is 2.36. The van der Waals surface area contributed by atoms with Crippen LogP contribution in [0.3, 0.4) is 0 Å². The van der Waals surface area contributed by atoms with Gasteiger partial charge < -0.3 is 20.5 Å². The number of morpholine rings is 1. The summed E-state index contributed by atoms with van der Waals surface area (Å²) in [5.41, 5.74) is 5.85. The molecule has 3 rings (SSSR count). The van der Waals surface area contributed by atoms with Crippen LogP contribution in [0.4, 0.5) is 5.82 Å². The van der Waals surface area contributed by atoms with E-state index in [0.717, 1.165) is 12.2 Å². The first kappa shape index (κ1) is 17.1. The molecule has 132 valence electrons. The van der Waals surface area contributed by atoms with E-state index in [1.54, 1.807) is 17.9 Å². The van der Waals surface area contributed by atoms with E-state index in [0.29, 0.717) is 51.4 Å². The molecule has 3 N–H and O–H groups in total. The van der Waals surface area contributed by atoms with Gasteiger partial charge in [-0.3, -0.25) is 9.69 Å². The molecule has 2 aliphatic rings. The van der Waals surface area contributed by atoms with E-state index in [2.05, 4.69) is 9.88 Å². The number of piperidine rings is 1. The lowest BCUT2D eigenvalue weighted by molar-refractivity contribution is -0.134. The molecule has 0 aliphatic carbocycles. The third-order valence-electron chi connectivity index (χ3n) is 4.93. The maximum Gasteiger partial charge on any atom is 0.219 e. The van der Waals surface area contributed by atoms with E-state index in [1.807, 2.05) is 12.1 Å². The van der Waals surface area contributed by atoms with Crippen molar-refractivity contribution in [2.75, 3.05) is 45.1 Å². The van der Waals surface area contributed by atoms with Crippen LogP contribution in [0.5, 0.6) is 0 Å². The van der Waals surface area contributed by atoms with E-state index in [9.17, 15) is 9.90 Å². The van der Waals surface area contributed by atoms with Crippen molar-refractivity contribution in [3.63, 3.8) is 0 Å². The number of hydrogen-bond donors (Lipinski definition) is 2. The quantitative estimate of drug-likeness (QED) is 0.832. The molecule has 0 spiro atoms. The minimum Gasteiger partial charge on any atom is -0.388 e. The number of β-amino-alcohol motifs (C(OH)–C–C–N with tert-alkyl or cyclic N) is 1. The molecule has 3 heterocycles. The number of pyridine rings is 1. The molecule has 1 atom stereocenters. The molecule has 0 saturated carbocycles. The van der Waals surface area contributed by atoms with Crippen LogP contribution in [0.2, 0.25) is 0 Å². The number of nitrogen functional groups attached to an aromatic ring is 1. The summed E-state index contributed by atoms with van der Waals surface area (Å²) in [6.07, 6.45) is 1.11. The topological polar surface area (TPSA) is 91.9 Å². The van der Waals surface area contributed by atoms with Gasteiger partial charge in [-0.05, 0) is 25.0 Å². The van der Waals surface area contributed by atoms with Gasteiger partial charge in [-0.1, -0.05) is 6.07 Å². The van der Waals surface area contributed by atoms with Crippen LogP contribution in [0, 0.1) is 0 Å². The maximum absolute atomic E-state index is 11.4. The first-order valence-corrected chi connectivity index (χ1v) is 8.49. The summed E-state index contributed by atoms with van der Waals surface area (Å²) in [4.78, 5) is 19.8. The molecule has 7 nitrogen and oxygen atoms in total. The molecule has 7 heteroatoms. The monoisotopic (exact) mass is 334 g/mol. The molecule has 24 heavy (non-hydrogen) atoms. The number of likely N-dealkylation sites (tertiary alicyclic amines) is 1. The second-order valence-corrected chi connectivity index (χ2v) is 6.81. The Labute approximate surface area is 142 Å². The summed E-state index contributed by atoms with van der Waals surface area (Å²) < 4.78 is 5.83. The molecule has 2 saturated heterocycles. The number of carbonyl (C=O) groups excluding carboxylic acids is 1. The van der Waals surface area contributed by atoms with Crippen molar-refractivity contribution in [2.24, 2.45) is 0 Å². The fraction of sp³-hybridized carbons (Fsp3) is 0.647. The number of rotatable bonds is 3. The number of carbonyl (C=O) groups is 1. The Balaban J connectivity index is 1.58. The molecule has 2 aliphatic heterocycles. The predicted molar refractivity (Wildman–Crippen MR) is 90.2 cm³/mol. The fourth-order valence-corrected chi connectivity index (χ4v) is 3.49. The van der Waals surface area contributed by atoms with Crippen molar-refractivity contribution in [2.45, 2.75) is 31.5 Å². The highest BCUT2D eigenvalue weighted by molar-refractivity contribution is 5.73. The maximum atomic E-state index is 11.4. The fourth-order valence-electron chi connectivity index (χ4n) is 3.49. The van der Waals surface area contributed by atoms with Gasteiger partial charge in [0.25, 0.3) is 0 Å². The highest BCUT2D eigenvalue weighted by atomic mass is 16.5. The SMILES string of the molecule is CC(=O)N1CCC(O)(CN2CCO[C@@H](c3cccc(N)n3)C2)CC1. The Kier molecular flexibility index (Phi) is 5.03. The molecular weight excluding hydrogens is 308 g/mol. The molecule has 0 radical (unpaired) electrons. The molecule has 2 fully saturated rings. The number of amides is 1. The Bertz CT molecular complexity index is 587. The van der Waals surface area contributed by atoms with Crippen LogP contribution in [-0.2, 0) is 9.53 Å². The minimum absolute atomic E-state index is 0.0798. The third-order valence-corrected chi connectivity index (χ3v) is 4.93. The number of nitrogens with zero attached hydrogens (tertiary/aromatic N) is 3. The van der Waals surface area contributed by atoms with Crippen molar-refractivity contribution in [3.8, 4) is 0 Å². The van der Waals surface area contributed by atoms with Crippen LogP contribution in [0.25, 0.3) is 0 Å². The normalized spacial score (nSPS) is 24.8. The Morgan fingerprint density at radius 2 is 2.17 bits per heavy atom. The van der Waals surface area contributed by atoms with E-state index in [1.165, 1.54) is 0 Å². The average molecular weight is 334 g/mol. The smallest absolute Gasteiger partial charge is 0.219 e. The van der Waals surface area contributed by atoms with E-state index in [4.69, 9.17) is 10.5 Å². The van der Waals surface area contributed by atoms with Gasteiger partial charge in [0.1, 0.15) is 11.9 Å². The van der Waals surface area contributed by atoms with Crippen molar-refractivity contribution in [1.29, 1.82) is 0 Å². The Morgan fingerprint density at radius 1 is 1.42 bits per heavy atom. The van der Waals surface area contributed by atoms with Gasteiger partial charge in [-0.15, -0.1) is 0 Å². The van der Waals surface area contributed by atoms with Gasteiger partial charge in [0.15, 0.2) is 0 Å². The zero-order chi connectivity index (χ0) is 17.2. The van der Waals surface area contributed by atoms with Crippen LogP contribution < -0.4 is 5.73 Å². The van der Waals surface area contributed by atoms with Gasteiger partial charge in [-0.25, -0.2) is 4.98 Å². The van der Waals surface area contributed by atoms with E-state index in [-0.39, 0.29) is 12.0 Å². The van der Waals surface area contributed by atoms with Crippen LogP contribution in [0.1, 0.15) is 31.6 Å². The van der Waals surface area contributed by atoms with E-state index < -0.39 is 5.60 Å². The Morgan fingerprint density at radius 3 is 2.83 bits per heavy atom. The van der Waals surface area contributed by atoms with Crippen molar-refractivity contribution in [1.82, 2.24) is 14.8 Å². The highest BCUT2D eigenvalue weighted by Crippen LogP contribution is 2.27. The summed E-state index contributed by atoms with van der Waals surface area (Å²) in [7, 11) is 0. The first-order valence-electron chi connectivity index (χ1n) is 8.49. The van der Waals surface area contributed by atoms with Gasteiger partial charge >= 0.3 is 0 Å². The van der Waals surface area contributed by atoms with Gasteiger partial charge in [0.2, 0.25) is 5.91 Å².